The van der Waals surface area contributed by atoms with Gasteiger partial charge in [0, 0.05) is 76.3 Å². The molecule has 0 N–H and O–H groups in total. The highest BCUT2D eigenvalue weighted by Crippen LogP contribution is 2.70. The van der Waals surface area contributed by atoms with Gasteiger partial charge in [0.05, 0.1) is 18.2 Å². The van der Waals surface area contributed by atoms with Crippen LogP contribution in [0.25, 0.3) is 138 Å². The predicted molar refractivity (Wildman–Crippen MR) is 345 cm³/mol. The Morgan fingerprint density at radius 3 is 1.51 bits per heavy atom. The number of fused-ring (bicyclic) bond motifs is 6. The van der Waals surface area contributed by atoms with Gasteiger partial charge in [0.2, 0.25) is 0 Å². The predicted octanol–water partition coefficient (Wildman–Crippen LogP) is 18.4. The highest BCUT2D eigenvalue weighted by molar-refractivity contribution is 7.26. The van der Waals surface area contributed by atoms with Gasteiger partial charge in [-0.1, -0.05) is 176 Å². The van der Waals surface area contributed by atoms with E-state index >= 15 is 0 Å². The second kappa shape index (κ2) is 20.2. The van der Waals surface area contributed by atoms with Crippen LogP contribution in [0.5, 0.6) is 0 Å². The summed E-state index contributed by atoms with van der Waals surface area (Å²) in [4.78, 5) is 44.9. The quantitative estimate of drug-likeness (QED) is 0.130. The molecule has 13 aromatic rings. The number of nitrogens with zero attached hydrogens (tertiary/aromatic N) is 10. The van der Waals surface area contributed by atoms with Crippen molar-refractivity contribution >= 4 is 37.2 Å². The molecule has 0 atom stereocenters. The average Bonchev–Trinajstić information content (AvgIpc) is 1.57. The molecule has 0 unspecified atom stereocenters. The smallest absolute Gasteiger partial charge is 0.198 e. The Morgan fingerprint density at radius 2 is 0.931 bits per heavy atom. The van der Waals surface area contributed by atoms with E-state index in [1.165, 1.54) is 37.7 Å². The summed E-state index contributed by atoms with van der Waals surface area (Å²) >= 11 is 1.79. The molecule has 18 rings (SSSR count). The summed E-state index contributed by atoms with van der Waals surface area (Å²) in [6.45, 7) is 8.83. The Kier molecular flexibility index (Phi) is 11.8. The van der Waals surface area contributed by atoms with E-state index in [2.05, 4.69) is 95.8 Å². The first-order valence-electron chi connectivity index (χ1n) is 29.7. The fraction of sp³-hybridized carbons (Fsp3) is 0.132. The molecule has 10 nitrogen and oxygen atoms in total. The van der Waals surface area contributed by atoms with Gasteiger partial charge >= 0.3 is 0 Å². The Bertz CT molecular complexity index is 4890. The van der Waals surface area contributed by atoms with Crippen molar-refractivity contribution < 1.29 is 0 Å². The van der Waals surface area contributed by atoms with Gasteiger partial charge in [-0.15, -0.1) is 11.3 Å². The number of hydrogen-bond acceptors (Lipinski definition) is 10. The van der Waals surface area contributed by atoms with Crippen molar-refractivity contribution in [1.29, 1.82) is 5.26 Å². The maximum Gasteiger partial charge on any atom is 0.198 e. The molecule has 1 spiro atoms. The Morgan fingerprint density at radius 1 is 0.414 bits per heavy atom. The zero-order chi connectivity index (χ0) is 57.7. The summed E-state index contributed by atoms with van der Waals surface area (Å²) in [5.74, 6) is 5.72. The maximum absolute atomic E-state index is 11.6. The SMILES string of the molecule is [C-]#[N+]c1cc2c(cc1-c1nccc(-c3nc(-c4ccccc4)nc(-c4ccccc4)n3)n1)C1(c3cc(-c4ccc(-c5nc(-c6ccccc6)nc(-c6ccccc6)n5)cc4-c4cccc5c4sc4ccccc45)c(C#N)cc3-2)C2CC3CC(C2)CC1C3. The van der Waals surface area contributed by atoms with E-state index in [1.54, 1.807) is 17.5 Å². The number of rotatable bonds is 9. The van der Waals surface area contributed by atoms with Crippen LogP contribution >= 0.6 is 11.3 Å². The van der Waals surface area contributed by atoms with Crippen LogP contribution in [-0.4, -0.2) is 39.9 Å². The van der Waals surface area contributed by atoms with Crippen molar-refractivity contribution in [2.45, 2.75) is 37.5 Å². The van der Waals surface area contributed by atoms with Crippen LogP contribution in [-0.2, 0) is 5.41 Å². The van der Waals surface area contributed by atoms with Crippen LogP contribution in [0.15, 0.2) is 219 Å². The third-order valence-electron chi connectivity index (χ3n) is 18.9. The molecule has 4 saturated carbocycles. The van der Waals surface area contributed by atoms with E-state index in [0.29, 0.717) is 87.0 Å². The molecular formula is C76H50N10S. The van der Waals surface area contributed by atoms with Crippen molar-refractivity contribution in [1.82, 2.24) is 39.9 Å². The molecule has 4 fully saturated rings. The van der Waals surface area contributed by atoms with E-state index in [-0.39, 0.29) is 5.41 Å². The lowest BCUT2D eigenvalue weighted by atomic mass is 9.43. The highest BCUT2D eigenvalue weighted by atomic mass is 32.1. The topological polar surface area (TPSA) is 131 Å². The molecule has 0 amide bonds. The molecule has 4 heterocycles. The van der Waals surface area contributed by atoms with E-state index in [1.807, 2.05) is 127 Å². The van der Waals surface area contributed by atoms with Gasteiger partial charge in [-0.05, 0) is 126 Å². The number of aromatic nitrogens is 8. The van der Waals surface area contributed by atoms with Crippen molar-refractivity contribution in [3.8, 4) is 119 Å². The number of thiophene rings is 1. The summed E-state index contributed by atoms with van der Waals surface area (Å²) in [6, 6.07) is 75.2. The normalized spacial score (nSPS) is 18.6. The van der Waals surface area contributed by atoms with Crippen LogP contribution in [0.3, 0.4) is 0 Å². The number of benzene rings is 9. The summed E-state index contributed by atoms with van der Waals surface area (Å²) in [5.41, 5.74) is 14.6. The second-order valence-electron chi connectivity index (χ2n) is 23.6. The third kappa shape index (κ3) is 8.26. The standard InChI is InChI=1S/C76H50N10S/c1-78-66-42-61-60-39-51(43-77)58(54-30-29-50(38-59(54)57-27-16-26-56-55-25-14-15-28-67(55)87-68(56)57)73-83-69(46-17-6-2-7-18-46)81-70(84-73)47-19-8-3-9-20-47)40-63(60)76(52-34-44-33-45(36-52)37-53(76)35-44)64(61)41-62(66)74-79-32-31-65(80-74)75-85-71(48-21-10-4-11-22-48)82-72(86-75)49-23-12-5-13-24-49/h2-32,38-42,44-45,52-53H,33-37H2. The molecule has 0 radical (unpaired) electrons. The second-order valence-corrected chi connectivity index (χ2v) is 24.7. The van der Waals surface area contributed by atoms with Crippen LogP contribution in [0.4, 0.5) is 5.69 Å². The van der Waals surface area contributed by atoms with Crippen molar-refractivity contribution in [2.75, 3.05) is 0 Å². The third-order valence-corrected chi connectivity index (χ3v) is 20.1. The molecule has 9 aromatic carbocycles. The highest BCUT2D eigenvalue weighted by Gasteiger charge is 2.62. The molecule has 410 valence electrons. The van der Waals surface area contributed by atoms with Crippen LogP contribution in [0.2, 0.25) is 0 Å². The minimum Gasteiger partial charge on any atom is -0.238 e. The molecular weight excluding hydrogens is 1080 g/mol. The summed E-state index contributed by atoms with van der Waals surface area (Å²) in [7, 11) is 0. The van der Waals surface area contributed by atoms with Gasteiger partial charge in [-0.3, -0.25) is 0 Å². The number of hydrogen-bond donors (Lipinski definition) is 0. The molecule has 4 aromatic heterocycles. The molecule has 4 bridgehead atoms. The van der Waals surface area contributed by atoms with E-state index in [4.69, 9.17) is 46.4 Å². The van der Waals surface area contributed by atoms with Gasteiger partial charge in [-0.2, -0.15) is 5.26 Å². The minimum atomic E-state index is -0.380. The van der Waals surface area contributed by atoms with E-state index in [9.17, 15) is 5.26 Å². The maximum atomic E-state index is 11.6. The Hall–Kier alpha value is -10.7. The van der Waals surface area contributed by atoms with Gasteiger partial charge in [0.15, 0.2) is 40.6 Å². The van der Waals surface area contributed by atoms with Gasteiger partial charge in [-0.25, -0.2) is 44.7 Å². The van der Waals surface area contributed by atoms with E-state index < -0.39 is 0 Å². The Labute approximate surface area is 506 Å². The zero-order valence-electron chi connectivity index (χ0n) is 47.0. The zero-order valence-corrected chi connectivity index (χ0v) is 47.8. The molecule has 5 aliphatic carbocycles. The van der Waals surface area contributed by atoms with Crippen molar-refractivity contribution in [3.63, 3.8) is 0 Å². The monoisotopic (exact) mass is 1130 g/mol. The molecule has 0 aliphatic heterocycles. The van der Waals surface area contributed by atoms with Crippen molar-refractivity contribution in [2.24, 2.45) is 23.7 Å². The van der Waals surface area contributed by atoms with Gasteiger partial charge < -0.3 is 0 Å². The van der Waals surface area contributed by atoms with Crippen LogP contribution < -0.4 is 0 Å². The van der Waals surface area contributed by atoms with Gasteiger partial charge in [0.25, 0.3) is 0 Å². The number of nitriles is 1. The first kappa shape index (κ1) is 50.8. The molecule has 11 heteroatoms. The summed E-state index contributed by atoms with van der Waals surface area (Å²) < 4.78 is 2.38. The average molecular weight is 1140 g/mol. The lowest BCUT2D eigenvalue weighted by Crippen LogP contribution is -2.55. The van der Waals surface area contributed by atoms with Gasteiger partial charge in [0.1, 0.15) is 11.5 Å². The summed E-state index contributed by atoms with van der Waals surface area (Å²) in [5, 5.41) is 14.0. The molecule has 5 aliphatic rings. The Balaban J connectivity index is 0.860. The largest absolute Gasteiger partial charge is 0.238 e. The first-order valence-corrected chi connectivity index (χ1v) is 30.6. The lowest BCUT2D eigenvalue weighted by molar-refractivity contribution is -0.0399. The van der Waals surface area contributed by atoms with Crippen LogP contribution in [0, 0.1) is 41.6 Å². The fourth-order valence-electron chi connectivity index (χ4n) is 15.4. The van der Waals surface area contributed by atoms with Crippen LogP contribution in [0.1, 0.15) is 48.8 Å². The molecule has 0 saturated heterocycles. The van der Waals surface area contributed by atoms with E-state index in [0.717, 1.165) is 86.9 Å². The minimum absolute atomic E-state index is 0.363. The summed E-state index contributed by atoms with van der Waals surface area (Å²) in [6.07, 6.45) is 7.58. The molecule has 87 heavy (non-hydrogen) atoms. The lowest BCUT2D eigenvalue weighted by Gasteiger charge is -2.61. The van der Waals surface area contributed by atoms with Crippen molar-refractivity contribution in [3.05, 3.63) is 247 Å². The first-order chi connectivity index (χ1) is 42.9. The fourth-order valence-corrected chi connectivity index (χ4v) is 16.7.